The third-order valence-corrected chi connectivity index (χ3v) is 8.14. The van der Waals surface area contributed by atoms with Gasteiger partial charge in [-0.05, 0) is 70.4 Å². The smallest absolute Gasteiger partial charge is 0.253 e. The van der Waals surface area contributed by atoms with Crippen molar-refractivity contribution >= 4 is 46.1 Å². The van der Waals surface area contributed by atoms with Gasteiger partial charge in [-0.25, -0.2) is 5.01 Å². The molecule has 4 heterocycles. The highest BCUT2D eigenvalue weighted by atomic mass is 32.2. The first-order valence-corrected chi connectivity index (χ1v) is 12.8. The Morgan fingerprint density at radius 3 is 2.72 bits per heavy atom. The van der Waals surface area contributed by atoms with Crippen molar-refractivity contribution in [2.24, 2.45) is 5.10 Å². The lowest BCUT2D eigenvalue weighted by Crippen LogP contribution is -2.28. The standard InChI is InChI=1S/C22H20N6OS3/c1-14-7-8-16(11-15(14)2)27-22(23-25-26-27)32-13-21(29)28-18(20-6-4-10-31-20)12-17(24-28)19-5-3-9-30-19/h3-11,18H,12-13H2,1-2H3. The molecule has 0 saturated heterocycles. The molecule has 1 aromatic carbocycles. The minimum Gasteiger partial charge on any atom is -0.272 e. The first-order chi connectivity index (χ1) is 15.6. The molecule has 0 spiro atoms. The average Bonchev–Trinajstić information content (AvgIpc) is 3.60. The van der Waals surface area contributed by atoms with Gasteiger partial charge in [0.1, 0.15) is 0 Å². The lowest BCUT2D eigenvalue weighted by atomic mass is 10.1. The average molecular weight is 481 g/mol. The van der Waals surface area contributed by atoms with Crippen LogP contribution in [0.25, 0.3) is 5.69 Å². The lowest BCUT2D eigenvalue weighted by molar-refractivity contribution is -0.130. The van der Waals surface area contributed by atoms with Crippen molar-refractivity contribution in [1.29, 1.82) is 0 Å². The van der Waals surface area contributed by atoms with E-state index in [0.29, 0.717) is 5.16 Å². The van der Waals surface area contributed by atoms with E-state index in [9.17, 15) is 4.79 Å². The van der Waals surface area contributed by atoms with Gasteiger partial charge in [0.25, 0.3) is 5.91 Å². The van der Waals surface area contributed by atoms with E-state index in [-0.39, 0.29) is 17.7 Å². The number of carbonyl (C=O) groups excluding carboxylic acids is 1. The fourth-order valence-corrected chi connectivity index (χ4v) is 5.79. The number of hydrogen-bond donors (Lipinski definition) is 0. The fourth-order valence-electron chi connectivity index (χ4n) is 3.52. The maximum Gasteiger partial charge on any atom is 0.253 e. The summed E-state index contributed by atoms with van der Waals surface area (Å²) in [7, 11) is 0. The van der Waals surface area contributed by atoms with Crippen LogP contribution in [0.4, 0.5) is 0 Å². The number of nitrogens with zero attached hydrogens (tertiary/aromatic N) is 6. The number of amides is 1. The summed E-state index contributed by atoms with van der Waals surface area (Å²) in [5, 5.41) is 23.1. The number of hydrazone groups is 1. The molecule has 4 aromatic rings. The minimum atomic E-state index is -0.0732. The van der Waals surface area contributed by atoms with E-state index in [4.69, 9.17) is 5.10 Å². The van der Waals surface area contributed by atoms with Gasteiger partial charge in [-0.1, -0.05) is 30.0 Å². The van der Waals surface area contributed by atoms with Crippen LogP contribution >= 0.6 is 34.4 Å². The van der Waals surface area contributed by atoms with E-state index < -0.39 is 0 Å². The molecule has 1 aliphatic heterocycles. The predicted molar refractivity (Wildman–Crippen MR) is 129 cm³/mol. The van der Waals surface area contributed by atoms with Crippen molar-refractivity contribution in [2.45, 2.75) is 31.5 Å². The fraction of sp³-hybridized carbons (Fsp3) is 0.227. The maximum absolute atomic E-state index is 13.2. The number of aryl methyl sites for hydroxylation is 2. The van der Waals surface area contributed by atoms with Crippen molar-refractivity contribution in [3.63, 3.8) is 0 Å². The Hall–Kier alpha value is -2.82. The number of rotatable bonds is 6. The van der Waals surface area contributed by atoms with Crippen LogP contribution in [0.1, 0.15) is 33.3 Å². The summed E-state index contributed by atoms with van der Waals surface area (Å²) >= 11 is 4.62. The molecule has 1 unspecified atom stereocenters. The molecule has 0 N–H and O–H groups in total. The van der Waals surface area contributed by atoms with E-state index in [1.165, 1.54) is 17.3 Å². The SMILES string of the molecule is Cc1ccc(-n2nnnc2SCC(=O)N2N=C(c3cccs3)CC2c2cccs2)cc1C. The molecule has 32 heavy (non-hydrogen) atoms. The van der Waals surface area contributed by atoms with E-state index >= 15 is 0 Å². The van der Waals surface area contributed by atoms with Gasteiger partial charge in [-0.15, -0.1) is 27.8 Å². The summed E-state index contributed by atoms with van der Waals surface area (Å²) in [4.78, 5) is 15.5. The zero-order valence-electron chi connectivity index (χ0n) is 17.5. The Balaban J connectivity index is 1.35. The van der Waals surface area contributed by atoms with Crippen LogP contribution in [0.5, 0.6) is 0 Å². The van der Waals surface area contributed by atoms with E-state index in [0.717, 1.165) is 33.1 Å². The third-order valence-electron chi connectivity index (χ3n) is 5.34. The monoisotopic (exact) mass is 480 g/mol. The second-order valence-electron chi connectivity index (χ2n) is 7.43. The number of benzene rings is 1. The number of hydrogen-bond acceptors (Lipinski definition) is 8. The number of tetrazole rings is 1. The van der Waals surface area contributed by atoms with Gasteiger partial charge in [-0.2, -0.15) is 9.78 Å². The summed E-state index contributed by atoms with van der Waals surface area (Å²) in [5.74, 6) is 0.142. The highest BCUT2D eigenvalue weighted by Crippen LogP contribution is 2.36. The van der Waals surface area contributed by atoms with Gasteiger partial charge in [0.2, 0.25) is 5.16 Å². The minimum absolute atomic E-state index is 0.0606. The van der Waals surface area contributed by atoms with Gasteiger partial charge in [0.05, 0.1) is 28.1 Å². The van der Waals surface area contributed by atoms with Gasteiger partial charge in [-0.3, -0.25) is 4.79 Å². The van der Waals surface area contributed by atoms with E-state index in [1.54, 1.807) is 32.4 Å². The molecule has 5 rings (SSSR count). The highest BCUT2D eigenvalue weighted by Gasteiger charge is 2.34. The van der Waals surface area contributed by atoms with Gasteiger partial charge in [0, 0.05) is 11.3 Å². The summed E-state index contributed by atoms with van der Waals surface area (Å²) < 4.78 is 1.67. The van der Waals surface area contributed by atoms with Crippen LogP contribution in [0.2, 0.25) is 0 Å². The summed E-state index contributed by atoms with van der Waals surface area (Å²) in [5.41, 5.74) is 4.20. The van der Waals surface area contributed by atoms with Crippen LogP contribution in [0.15, 0.2) is 63.5 Å². The molecular formula is C22H20N6OS3. The Morgan fingerprint density at radius 1 is 1.12 bits per heavy atom. The normalized spacial score (nSPS) is 15.9. The molecule has 0 radical (unpaired) electrons. The maximum atomic E-state index is 13.2. The summed E-state index contributed by atoms with van der Waals surface area (Å²) in [6, 6.07) is 14.1. The zero-order valence-corrected chi connectivity index (χ0v) is 20.0. The lowest BCUT2D eigenvalue weighted by Gasteiger charge is -2.20. The summed E-state index contributed by atoms with van der Waals surface area (Å²) in [6.45, 7) is 4.12. The Labute approximate surface area is 197 Å². The quantitative estimate of drug-likeness (QED) is 0.368. The van der Waals surface area contributed by atoms with Crippen molar-refractivity contribution in [3.8, 4) is 5.69 Å². The van der Waals surface area contributed by atoms with Crippen LogP contribution in [-0.4, -0.2) is 42.6 Å². The second-order valence-corrected chi connectivity index (χ2v) is 10.3. The molecule has 1 atom stereocenters. The summed E-state index contributed by atoms with van der Waals surface area (Å²) in [6.07, 6.45) is 0.720. The molecule has 0 saturated carbocycles. The van der Waals surface area contributed by atoms with Crippen molar-refractivity contribution in [3.05, 3.63) is 74.1 Å². The Bertz CT molecular complexity index is 1260. The first kappa shape index (κ1) is 21.0. The third kappa shape index (κ3) is 4.13. The van der Waals surface area contributed by atoms with Crippen molar-refractivity contribution < 1.29 is 4.79 Å². The van der Waals surface area contributed by atoms with Gasteiger partial charge in [0.15, 0.2) is 0 Å². The zero-order chi connectivity index (χ0) is 22.1. The first-order valence-electron chi connectivity index (χ1n) is 10.1. The van der Waals surface area contributed by atoms with Crippen LogP contribution in [0.3, 0.4) is 0 Å². The topological polar surface area (TPSA) is 76.3 Å². The van der Waals surface area contributed by atoms with Gasteiger partial charge < -0.3 is 0 Å². The van der Waals surface area contributed by atoms with Gasteiger partial charge >= 0.3 is 0 Å². The number of carbonyl (C=O) groups is 1. The van der Waals surface area contributed by atoms with Crippen LogP contribution in [0, 0.1) is 13.8 Å². The van der Waals surface area contributed by atoms with Crippen LogP contribution < -0.4 is 0 Å². The van der Waals surface area contributed by atoms with Crippen molar-refractivity contribution in [2.75, 3.05) is 5.75 Å². The second kappa shape index (κ2) is 8.97. The molecule has 7 nitrogen and oxygen atoms in total. The molecule has 3 aromatic heterocycles. The Morgan fingerprint density at radius 2 is 1.97 bits per heavy atom. The molecule has 10 heteroatoms. The van der Waals surface area contributed by atoms with E-state index in [1.807, 2.05) is 41.1 Å². The largest absolute Gasteiger partial charge is 0.272 e. The molecule has 1 amide bonds. The Kier molecular flexibility index (Phi) is 5.90. The number of thiophene rings is 2. The van der Waals surface area contributed by atoms with Crippen molar-refractivity contribution in [1.82, 2.24) is 25.2 Å². The predicted octanol–water partition coefficient (Wildman–Crippen LogP) is 4.87. The number of thioether (sulfide) groups is 1. The number of aromatic nitrogens is 4. The highest BCUT2D eigenvalue weighted by molar-refractivity contribution is 7.99. The molecular weight excluding hydrogens is 460 g/mol. The molecule has 162 valence electrons. The molecule has 0 bridgehead atoms. The molecule has 0 aliphatic carbocycles. The molecule has 1 aliphatic rings. The van der Waals surface area contributed by atoms with E-state index in [2.05, 4.69) is 41.5 Å². The van der Waals surface area contributed by atoms with Crippen LogP contribution in [-0.2, 0) is 4.79 Å². The molecule has 0 fully saturated rings.